The first-order chi connectivity index (χ1) is 21.9. The van der Waals surface area contributed by atoms with Gasteiger partial charge in [-0.1, -0.05) is 42.5 Å². The minimum Gasteiger partial charge on any atom is -0.486 e. The molecule has 0 bridgehead atoms. The van der Waals surface area contributed by atoms with Gasteiger partial charge in [-0.3, -0.25) is 4.79 Å². The Morgan fingerprint density at radius 2 is 1.89 bits per heavy atom. The number of anilines is 1. The average Bonchev–Trinajstić information content (AvgIpc) is 3.06. The third kappa shape index (κ3) is 9.89. The van der Waals surface area contributed by atoms with Crippen molar-refractivity contribution in [3.8, 4) is 5.75 Å². The molecule has 3 aromatic rings. The number of esters is 1. The largest absolute Gasteiger partial charge is 0.486 e. The summed E-state index contributed by atoms with van der Waals surface area (Å²) in [5.41, 5.74) is 3.46. The van der Waals surface area contributed by atoms with Gasteiger partial charge in [0.2, 0.25) is 0 Å². The van der Waals surface area contributed by atoms with E-state index in [1.807, 2.05) is 36.4 Å². The second kappa shape index (κ2) is 17.3. The first-order valence-corrected chi connectivity index (χ1v) is 15.4. The van der Waals surface area contributed by atoms with E-state index in [1.165, 1.54) is 36.8 Å². The number of carbonyl (C=O) groups is 2. The Hall–Kier alpha value is -4.22. The zero-order valence-electron chi connectivity index (χ0n) is 26.2. The van der Waals surface area contributed by atoms with Crippen LogP contribution in [0.5, 0.6) is 5.75 Å². The smallest absolute Gasteiger partial charge is 0.318 e. The number of rotatable bonds is 16. The van der Waals surface area contributed by atoms with E-state index in [0.717, 1.165) is 36.5 Å². The van der Waals surface area contributed by atoms with Crippen molar-refractivity contribution >= 4 is 17.8 Å². The molecule has 2 amide bonds. The number of urea groups is 1. The lowest BCUT2D eigenvalue weighted by Gasteiger charge is -2.34. The molecule has 4 rings (SSSR count). The van der Waals surface area contributed by atoms with Crippen LogP contribution in [0.1, 0.15) is 54.6 Å². The monoisotopic (exact) mass is 622 g/mol. The van der Waals surface area contributed by atoms with Gasteiger partial charge in [0.1, 0.15) is 12.4 Å². The van der Waals surface area contributed by atoms with E-state index in [9.17, 15) is 9.59 Å². The molecule has 45 heavy (non-hydrogen) atoms. The fourth-order valence-electron chi connectivity index (χ4n) is 5.19. The Morgan fingerprint density at radius 3 is 2.62 bits per heavy atom. The Labute approximate surface area is 264 Å². The standard InChI is InChI=1S/C34H43FN4O6/c1-4-44-31(40)21-29(26-15-17-30(28(35)20-26)45-23-24-10-6-5-7-11-24)39(22-32(42-2)43-3)34(41)37-19-9-13-27-16-14-25-12-8-18-36-33(25)38-27/h5-7,10-11,14-17,20,29,32H,4,8-9,12-13,18-19,21-23H2,1-3H3,(H,36,38)(H,37,41)/t29-/m1/s1. The van der Waals surface area contributed by atoms with E-state index in [1.54, 1.807) is 13.0 Å². The maximum absolute atomic E-state index is 15.4. The molecular formula is C34H43FN4O6. The second-order valence-corrected chi connectivity index (χ2v) is 10.7. The molecule has 0 radical (unpaired) electrons. The molecule has 1 aliphatic rings. The van der Waals surface area contributed by atoms with Crippen molar-refractivity contribution in [2.75, 3.05) is 45.8 Å². The quantitative estimate of drug-likeness (QED) is 0.124. The molecule has 0 aliphatic carbocycles. The topological polar surface area (TPSA) is 111 Å². The number of methoxy groups -OCH3 is 2. The van der Waals surface area contributed by atoms with Gasteiger partial charge in [-0.05, 0) is 67.5 Å². The third-order valence-electron chi connectivity index (χ3n) is 7.59. The van der Waals surface area contributed by atoms with Gasteiger partial charge in [0, 0.05) is 33.0 Å². The first kappa shape index (κ1) is 33.7. The highest BCUT2D eigenvalue weighted by Gasteiger charge is 2.31. The number of carbonyl (C=O) groups excluding carboxylic acids is 2. The molecule has 242 valence electrons. The number of hydrogen-bond acceptors (Lipinski definition) is 8. The number of benzene rings is 2. The molecule has 0 fully saturated rings. The normalized spacial score (nSPS) is 13.0. The summed E-state index contributed by atoms with van der Waals surface area (Å²) in [7, 11) is 2.92. The van der Waals surface area contributed by atoms with Crippen LogP contribution in [0.2, 0.25) is 0 Å². The lowest BCUT2D eigenvalue weighted by molar-refractivity contribution is -0.145. The Kier molecular flexibility index (Phi) is 13.0. The maximum atomic E-state index is 15.4. The van der Waals surface area contributed by atoms with Gasteiger partial charge in [-0.15, -0.1) is 0 Å². The number of nitrogens with zero attached hydrogens (tertiary/aromatic N) is 2. The van der Waals surface area contributed by atoms with E-state index >= 15 is 4.39 Å². The summed E-state index contributed by atoms with van der Waals surface area (Å²) in [5.74, 6) is -0.140. The van der Waals surface area contributed by atoms with E-state index in [-0.39, 0.29) is 31.9 Å². The lowest BCUT2D eigenvalue weighted by Crippen LogP contribution is -2.47. The van der Waals surface area contributed by atoms with Crippen molar-refractivity contribution in [1.29, 1.82) is 0 Å². The van der Waals surface area contributed by atoms with Gasteiger partial charge in [0.15, 0.2) is 17.9 Å². The van der Waals surface area contributed by atoms with Crippen LogP contribution in [-0.2, 0) is 38.5 Å². The highest BCUT2D eigenvalue weighted by Crippen LogP contribution is 2.30. The van der Waals surface area contributed by atoms with Crippen LogP contribution in [0.4, 0.5) is 15.0 Å². The first-order valence-electron chi connectivity index (χ1n) is 15.4. The van der Waals surface area contributed by atoms with Crippen LogP contribution in [0.3, 0.4) is 0 Å². The van der Waals surface area contributed by atoms with Crippen LogP contribution < -0.4 is 15.4 Å². The predicted molar refractivity (Wildman–Crippen MR) is 168 cm³/mol. The summed E-state index contributed by atoms with van der Waals surface area (Å²) in [6.07, 6.45) is 2.46. The second-order valence-electron chi connectivity index (χ2n) is 10.7. The zero-order valence-corrected chi connectivity index (χ0v) is 26.2. The molecule has 0 saturated heterocycles. The van der Waals surface area contributed by atoms with Crippen molar-refractivity contribution in [3.05, 3.63) is 88.9 Å². The van der Waals surface area contributed by atoms with Crippen molar-refractivity contribution in [1.82, 2.24) is 15.2 Å². The molecule has 2 aromatic carbocycles. The van der Waals surface area contributed by atoms with Gasteiger partial charge >= 0.3 is 12.0 Å². The van der Waals surface area contributed by atoms with Gasteiger partial charge < -0.3 is 34.5 Å². The Balaban J connectivity index is 1.49. The fraction of sp³-hybridized carbons (Fsp3) is 0.441. The van der Waals surface area contributed by atoms with Gasteiger partial charge in [-0.25, -0.2) is 14.2 Å². The van der Waals surface area contributed by atoms with Crippen molar-refractivity contribution in [2.24, 2.45) is 0 Å². The predicted octanol–water partition coefficient (Wildman–Crippen LogP) is 5.42. The Morgan fingerprint density at radius 1 is 1.09 bits per heavy atom. The molecule has 1 aliphatic heterocycles. The molecule has 11 heteroatoms. The SMILES string of the molecule is CCOC(=O)C[C@H](c1ccc(OCc2ccccc2)c(F)c1)N(CC(OC)OC)C(=O)NCCCc1ccc2c(n1)NCCC2. The fourth-order valence-corrected chi connectivity index (χ4v) is 5.19. The van der Waals surface area contributed by atoms with Crippen LogP contribution >= 0.6 is 0 Å². The van der Waals surface area contributed by atoms with E-state index < -0.39 is 30.1 Å². The molecule has 1 atom stereocenters. The summed E-state index contributed by atoms with van der Waals surface area (Å²) < 4.78 is 37.1. The van der Waals surface area contributed by atoms with Crippen LogP contribution in [0.25, 0.3) is 0 Å². The molecule has 1 aromatic heterocycles. The van der Waals surface area contributed by atoms with Gasteiger partial charge in [0.05, 0.1) is 25.6 Å². The number of pyridine rings is 1. The Bertz CT molecular complexity index is 1390. The molecule has 2 heterocycles. The molecule has 2 N–H and O–H groups in total. The zero-order chi connectivity index (χ0) is 32.0. The van der Waals surface area contributed by atoms with Crippen LogP contribution in [0.15, 0.2) is 60.7 Å². The van der Waals surface area contributed by atoms with Crippen molar-refractivity contribution in [2.45, 2.75) is 58.0 Å². The maximum Gasteiger partial charge on any atom is 0.318 e. The summed E-state index contributed by atoms with van der Waals surface area (Å²) >= 11 is 0. The van der Waals surface area contributed by atoms with Crippen LogP contribution in [-0.4, -0.2) is 68.6 Å². The highest BCUT2D eigenvalue weighted by molar-refractivity contribution is 5.77. The van der Waals surface area contributed by atoms with Gasteiger partial charge in [0.25, 0.3) is 0 Å². The number of aromatic nitrogens is 1. The summed E-state index contributed by atoms with van der Waals surface area (Å²) in [6, 6.07) is 16.7. The molecule has 0 spiro atoms. The minimum atomic E-state index is -0.872. The van der Waals surface area contributed by atoms with E-state index in [0.29, 0.717) is 24.9 Å². The molecule has 0 unspecified atom stereocenters. The third-order valence-corrected chi connectivity index (χ3v) is 7.59. The average molecular weight is 623 g/mol. The molecular weight excluding hydrogens is 579 g/mol. The summed E-state index contributed by atoms with van der Waals surface area (Å²) in [5, 5.41) is 6.30. The van der Waals surface area contributed by atoms with Crippen LogP contribution in [0, 0.1) is 5.82 Å². The number of hydrogen-bond donors (Lipinski definition) is 2. The van der Waals surface area contributed by atoms with Gasteiger partial charge in [-0.2, -0.15) is 0 Å². The molecule has 10 nitrogen and oxygen atoms in total. The lowest BCUT2D eigenvalue weighted by atomic mass is 10.0. The van der Waals surface area contributed by atoms with E-state index in [2.05, 4.69) is 16.7 Å². The molecule has 0 saturated carbocycles. The number of nitrogens with one attached hydrogen (secondary N) is 2. The number of fused-ring (bicyclic) bond motifs is 1. The number of amides is 2. The van der Waals surface area contributed by atoms with Crippen molar-refractivity contribution < 1.29 is 32.9 Å². The number of ether oxygens (including phenoxy) is 4. The number of aryl methyl sites for hydroxylation is 2. The number of halogens is 1. The summed E-state index contributed by atoms with van der Waals surface area (Å²) in [4.78, 5) is 32.6. The minimum absolute atomic E-state index is 0.0190. The van der Waals surface area contributed by atoms with Crippen molar-refractivity contribution in [3.63, 3.8) is 0 Å². The summed E-state index contributed by atoms with van der Waals surface area (Å²) in [6.45, 7) is 3.32. The van der Waals surface area contributed by atoms with E-state index in [4.69, 9.17) is 23.9 Å². The highest BCUT2D eigenvalue weighted by atomic mass is 19.1.